The summed E-state index contributed by atoms with van der Waals surface area (Å²) in [6.07, 6.45) is -0.509. The van der Waals surface area contributed by atoms with Crippen LogP contribution in [0.4, 0.5) is 0 Å². The Morgan fingerprint density at radius 1 is 1.07 bits per heavy atom. The molecular weight excluding hydrogens is 418 g/mol. The second kappa shape index (κ2) is 9.05. The maximum Gasteiger partial charge on any atom is 0.120 e. The Morgan fingerprint density at radius 3 is 2.68 bits per heavy atom. The molecule has 146 valence electrons. The van der Waals surface area contributed by atoms with Crippen molar-refractivity contribution in [1.82, 2.24) is 4.90 Å². The minimum atomic E-state index is -0.546. The van der Waals surface area contributed by atoms with E-state index in [9.17, 15) is 5.11 Å². The van der Waals surface area contributed by atoms with Crippen molar-refractivity contribution < 1.29 is 14.6 Å². The number of rotatable bonds is 6. The van der Waals surface area contributed by atoms with Gasteiger partial charge in [-0.05, 0) is 40.6 Å². The van der Waals surface area contributed by atoms with Crippen molar-refractivity contribution in [2.75, 3.05) is 32.8 Å². The van der Waals surface area contributed by atoms with Crippen LogP contribution in [0.1, 0.15) is 11.7 Å². The molecule has 1 saturated heterocycles. The molecule has 4 nitrogen and oxygen atoms in total. The monoisotopic (exact) mass is 441 g/mol. The van der Waals surface area contributed by atoms with Gasteiger partial charge in [-0.1, -0.05) is 58.4 Å². The zero-order valence-electron chi connectivity index (χ0n) is 15.6. The van der Waals surface area contributed by atoms with Gasteiger partial charge in [-0.25, -0.2) is 0 Å². The zero-order valence-corrected chi connectivity index (χ0v) is 17.2. The molecule has 0 aliphatic carbocycles. The highest BCUT2D eigenvalue weighted by Crippen LogP contribution is 2.24. The Bertz CT molecular complexity index is 915. The molecule has 3 aromatic carbocycles. The number of nitrogens with zero attached hydrogens (tertiary/aromatic N) is 1. The first-order valence-corrected chi connectivity index (χ1v) is 10.4. The van der Waals surface area contributed by atoms with E-state index in [1.54, 1.807) is 0 Å². The molecule has 1 fully saturated rings. The number of β-amino-alcohol motifs (C(OH)–C–C–N with tert-alkyl or cyclic N) is 1. The second-order valence-corrected chi connectivity index (χ2v) is 8.06. The lowest BCUT2D eigenvalue weighted by Crippen LogP contribution is -2.43. The van der Waals surface area contributed by atoms with Crippen LogP contribution in [0, 0.1) is 0 Å². The molecule has 4 rings (SSSR count). The molecule has 0 bridgehead atoms. The zero-order chi connectivity index (χ0) is 19.3. The molecule has 0 spiro atoms. The fourth-order valence-corrected chi connectivity index (χ4v) is 3.81. The van der Waals surface area contributed by atoms with Crippen molar-refractivity contribution in [3.05, 3.63) is 76.8 Å². The lowest BCUT2D eigenvalue weighted by Gasteiger charge is -2.34. The molecule has 28 heavy (non-hydrogen) atoms. The third-order valence-electron chi connectivity index (χ3n) is 5.02. The van der Waals surface area contributed by atoms with E-state index in [2.05, 4.69) is 45.1 Å². The van der Waals surface area contributed by atoms with Gasteiger partial charge in [0.05, 0.1) is 12.7 Å². The van der Waals surface area contributed by atoms with Gasteiger partial charge in [-0.3, -0.25) is 4.90 Å². The lowest BCUT2D eigenvalue weighted by molar-refractivity contribution is -0.0459. The highest BCUT2D eigenvalue weighted by molar-refractivity contribution is 9.10. The van der Waals surface area contributed by atoms with E-state index in [-0.39, 0.29) is 12.7 Å². The molecule has 5 heteroatoms. The van der Waals surface area contributed by atoms with E-state index in [0.29, 0.717) is 13.2 Å². The van der Waals surface area contributed by atoms with Crippen LogP contribution in [0.15, 0.2) is 71.2 Å². The maximum atomic E-state index is 10.5. The van der Waals surface area contributed by atoms with Gasteiger partial charge in [-0.15, -0.1) is 0 Å². The predicted molar refractivity (Wildman–Crippen MR) is 115 cm³/mol. The number of ether oxygens (including phenoxy) is 2. The molecule has 0 saturated carbocycles. The number of hydrogen-bond acceptors (Lipinski definition) is 4. The number of aliphatic hydroxyl groups excluding tert-OH is 1. The first-order chi connectivity index (χ1) is 13.7. The summed E-state index contributed by atoms with van der Waals surface area (Å²) in [4.78, 5) is 2.24. The second-order valence-electron chi connectivity index (χ2n) is 7.14. The average molecular weight is 442 g/mol. The largest absolute Gasteiger partial charge is 0.491 e. The van der Waals surface area contributed by atoms with Crippen LogP contribution in [0.2, 0.25) is 0 Å². The van der Waals surface area contributed by atoms with Gasteiger partial charge in [0, 0.05) is 24.1 Å². The van der Waals surface area contributed by atoms with E-state index >= 15 is 0 Å². The highest BCUT2D eigenvalue weighted by atomic mass is 79.9. The number of fused-ring (bicyclic) bond motifs is 1. The van der Waals surface area contributed by atoms with Crippen molar-refractivity contribution >= 4 is 26.7 Å². The van der Waals surface area contributed by atoms with E-state index < -0.39 is 6.10 Å². The van der Waals surface area contributed by atoms with Gasteiger partial charge in [0.25, 0.3) is 0 Å². The fourth-order valence-electron chi connectivity index (χ4n) is 3.55. The van der Waals surface area contributed by atoms with Gasteiger partial charge >= 0.3 is 0 Å². The molecule has 1 aliphatic rings. The molecule has 2 unspecified atom stereocenters. The van der Waals surface area contributed by atoms with Gasteiger partial charge in [0.2, 0.25) is 0 Å². The Kier molecular flexibility index (Phi) is 6.27. The number of aliphatic hydroxyl groups is 1. The molecule has 1 heterocycles. The first kappa shape index (κ1) is 19.4. The van der Waals surface area contributed by atoms with Crippen LogP contribution < -0.4 is 4.74 Å². The quantitative estimate of drug-likeness (QED) is 0.614. The minimum Gasteiger partial charge on any atom is -0.491 e. The summed E-state index contributed by atoms with van der Waals surface area (Å²) in [6.45, 7) is 3.11. The topological polar surface area (TPSA) is 41.9 Å². The van der Waals surface area contributed by atoms with Gasteiger partial charge in [0.15, 0.2) is 0 Å². The Morgan fingerprint density at radius 2 is 1.86 bits per heavy atom. The number of morpholine rings is 1. The van der Waals surface area contributed by atoms with Crippen LogP contribution >= 0.6 is 15.9 Å². The van der Waals surface area contributed by atoms with E-state index in [4.69, 9.17) is 9.47 Å². The summed E-state index contributed by atoms with van der Waals surface area (Å²) in [6, 6.07) is 22.4. The van der Waals surface area contributed by atoms with Crippen LogP contribution in [0.5, 0.6) is 5.75 Å². The maximum absolute atomic E-state index is 10.5. The van der Waals surface area contributed by atoms with Crippen molar-refractivity contribution in [1.29, 1.82) is 0 Å². The summed E-state index contributed by atoms with van der Waals surface area (Å²) in [5, 5.41) is 12.8. The lowest BCUT2D eigenvalue weighted by atomic mass is 10.1. The summed E-state index contributed by atoms with van der Waals surface area (Å²) in [5.41, 5.74) is 1.16. The number of hydrogen-bond donors (Lipinski definition) is 1. The predicted octanol–water partition coefficient (Wildman–Crippen LogP) is 4.42. The number of halogens is 1. The smallest absolute Gasteiger partial charge is 0.120 e. The molecular formula is C23H24BrNO3. The fraction of sp³-hybridized carbons (Fsp3) is 0.304. The molecule has 3 aromatic rings. The van der Waals surface area contributed by atoms with Crippen molar-refractivity contribution in [2.24, 2.45) is 0 Å². The summed E-state index contributed by atoms with van der Waals surface area (Å²) >= 11 is 3.47. The summed E-state index contributed by atoms with van der Waals surface area (Å²) < 4.78 is 12.8. The van der Waals surface area contributed by atoms with E-state index in [1.807, 2.05) is 42.5 Å². The average Bonchev–Trinajstić information content (AvgIpc) is 2.73. The SMILES string of the molecule is OC(COc1ccc2ccccc2c1)CN1CCOC(c2ccc(Br)cc2)C1. The highest BCUT2D eigenvalue weighted by Gasteiger charge is 2.23. The summed E-state index contributed by atoms with van der Waals surface area (Å²) in [7, 11) is 0. The van der Waals surface area contributed by atoms with Crippen LogP contribution in [-0.2, 0) is 4.74 Å². The van der Waals surface area contributed by atoms with Crippen molar-refractivity contribution in [3.63, 3.8) is 0 Å². The minimum absolute atomic E-state index is 0.0375. The van der Waals surface area contributed by atoms with Crippen molar-refractivity contribution in [3.8, 4) is 5.75 Å². The van der Waals surface area contributed by atoms with E-state index in [1.165, 1.54) is 5.39 Å². The number of benzene rings is 3. The summed E-state index contributed by atoms with van der Waals surface area (Å²) in [5.74, 6) is 0.785. The third-order valence-corrected chi connectivity index (χ3v) is 5.55. The van der Waals surface area contributed by atoms with Crippen LogP contribution in [0.3, 0.4) is 0 Å². The Hall–Kier alpha value is -1.92. The standard InChI is InChI=1S/C23H24BrNO3/c24-20-8-5-18(6-9-20)23-15-25(11-12-27-23)14-21(26)16-28-22-10-7-17-3-1-2-4-19(17)13-22/h1-10,13,21,23,26H,11-12,14-16H2. The van der Waals surface area contributed by atoms with Gasteiger partial charge in [0.1, 0.15) is 18.5 Å². The van der Waals surface area contributed by atoms with Crippen molar-refractivity contribution in [2.45, 2.75) is 12.2 Å². The molecule has 1 aliphatic heterocycles. The molecule has 0 radical (unpaired) electrons. The molecule has 1 N–H and O–H groups in total. The first-order valence-electron chi connectivity index (χ1n) is 9.56. The van der Waals surface area contributed by atoms with E-state index in [0.717, 1.165) is 34.3 Å². The Labute approximate surface area is 173 Å². The third kappa shape index (κ3) is 4.92. The molecule has 0 aromatic heterocycles. The van der Waals surface area contributed by atoms with Crippen LogP contribution in [-0.4, -0.2) is 49.0 Å². The van der Waals surface area contributed by atoms with Gasteiger partial charge < -0.3 is 14.6 Å². The molecule has 0 amide bonds. The van der Waals surface area contributed by atoms with Gasteiger partial charge in [-0.2, -0.15) is 0 Å². The van der Waals surface area contributed by atoms with Crippen LogP contribution in [0.25, 0.3) is 10.8 Å². The Balaban J connectivity index is 1.30. The molecule has 2 atom stereocenters. The normalized spacial score (nSPS) is 18.9.